The zero-order valence-electron chi connectivity index (χ0n) is 12.5. The molecule has 19 heavy (non-hydrogen) atoms. The SMILES string of the molecule is CCNCCN(C)CCc1cc(OC)ccc1OC. The summed E-state index contributed by atoms with van der Waals surface area (Å²) in [5.74, 6) is 1.81. The predicted octanol–water partition coefficient (Wildman–Crippen LogP) is 1.79. The highest BCUT2D eigenvalue weighted by molar-refractivity contribution is 5.40. The normalized spacial score (nSPS) is 10.8. The van der Waals surface area contributed by atoms with E-state index in [0.29, 0.717) is 0 Å². The molecular formula is C15H26N2O2. The quantitative estimate of drug-likeness (QED) is 0.691. The molecule has 1 aromatic carbocycles. The van der Waals surface area contributed by atoms with E-state index in [1.165, 1.54) is 5.56 Å². The van der Waals surface area contributed by atoms with Crippen LogP contribution in [0.4, 0.5) is 0 Å². The number of hydrogen-bond acceptors (Lipinski definition) is 4. The van der Waals surface area contributed by atoms with E-state index in [2.05, 4.69) is 30.3 Å². The van der Waals surface area contributed by atoms with E-state index in [4.69, 9.17) is 9.47 Å². The first-order chi connectivity index (χ1) is 9.21. The Balaban J connectivity index is 2.51. The van der Waals surface area contributed by atoms with E-state index >= 15 is 0 Å². The molecule has 108 valence electrons. The second-order valence-electron chi connectivity index (χ2n) is 4.58. The number of methoxy groups -OCH3 is 2. The third-order valence-electron chi connectivity index (χ3n) is 3.17. The van der Waals surface area contributed by atoms with Gasteiger partial charge in [0.05, 0.1) is 14.2 Å². The number of rotatable bonds is 9. The fourth-order valence-corrected chi connectivity index (χ4v) is 1.95. The largest absolute Gasteiger partial charge is 0.497 e. The van der Waals surface area contributed by atoms with Crippen molar-refractivity contribution in [2.75, 3.05) is 47.4 Å². The lowest BCUT2D eigenvalue weighted by molar-refractivity contribution is 0.333. The Hall–Kier alpha value is -1.26. The van der Waals surface area contributed by atoms with Gasteiger partial charge in [0.2, 0.25) is 0 Å². The smallest absolute Gasteiger partial charge is 0.122 e. The van der Waals surface area contributed by atoms with Crippen molar-refractivity contribution < 1.29 is 9.47 Å². The molecule has 1 N–H and O–H groups in total. The molecule has 0 spiro atoms. The number of benzene rings is 1. The standard InChI is InChI=1S/C15H26N2O2/c1-5-16-9-11-17(2)10-8-13-12-14(18-3)6-7-15(13)19-4/h6-7,12,16H,5,8-11H2,1-4H3. The van der Waals surface area contributed by atoms with Gasteiger partial charge in [-0.3, -0.25) is 0 Å². The summed E-state index contributed by atoms with van der Waals surface area (Å²) in [7, 11) is 5.54. The predicted molar refractivity (Wildman–Crippen MR) is 79.3 cm³/mol. The molecule has 0 fully saturated rings. The number of nitrogens with zero attached hydrogens (tertiary/aromatic N) is 1. The summed E-state index contributed by atoms with van der Waals surface area (Å²) in [6.45, 7) is 6.25. The van der Waals surface area contributed by atoms with Crippen LogP contribution >= 0.6 is 0 Å². The lowest BCUT2D eigenvalue weighted by atomic mass is 10.1. The minimum Gasteiger partial charge on any atom is -0.497 e. The average Bonchev–Trinajstić information content (AvgIpc) is 2.45. The molecule has 0 heterocycles. The first kappa shape index (κ1) is 15.8. The van der Waals surface area contributed by atoms with E-state index < -0.39 is 0 Å². The van der Waals surface area contributed by atoms with Crippen LogP contribution in [0, 0.1) is 0 Å². The number of hydrogen-bond donors (Lipinski definition) is 1. The van der Waals surface area contributed by atoms with E-state index in [-0.39, 0.29) is 0 Å². The second-order valence-corrected chi connectivity index (χ2v) is 4.58. The maximum absolute atomic E-state index is 5.39. The van der Waals surface area contributed by atoms with Crippen molar-refractivity contribution in [2.24, 2.45) is 0 Å². The van der Waals surface area contributed by atoms with Crippen molar-refractivity contribution in [3.8, 4) is 11.5 Å². The lowest BCUT2D eigenvalue weighted by Gasteiger charge is -2.18. The Morgan fingerprint density at radius 1 is 1.16 bits per heavy atom. The molecule has 0 saturated carbocycles. The fraction of sp³-hybridized carbons (Fsp3) is 0.600. The maximum Gasteiger partial charge on any atom is 0.122 e. The van der Waals surface area contributed by atoms with Crippen LogP contribution in [0.15, 0.2) is 18.2 Å². The molecule has 0 bridgehead atoms. The molecule has 0 aliphatic carbocycles. The summed E-state index contributed by atoms with van der Waals surface area (Å²) in [5.41, 5.74) is 1.19. The van der Waals surface area contributed by atoms with Gasteiger partial charge in [-0.25, -0.2) is 0 Å². The summed E-state index contributed by atoms with van der Waals surface area (Å²) in [5, 5.41) is 3.33. The summed E-state index contributed by atoms with van der Waals surface area (Å²) >= 11 is 0. The second kappa shape index (κ2) is 8.77. The highest BCUT2D eigenvalue weighted by Crippen LogP contribution is 2.24. The van der Waals surface area contributed by atoms with Gasteiger partial charge in [0.1, 0.15) is 11.5 Å². The minimum atomic E-state index is 0.881. The maximum atomic E-state index is 5.39. The van der Waals surface area contributed by atoms with E-state index in [1.54, 1.807) is 14.2 Å². The molecule has 4 heteroatoms. The highest BCUT2D eigenvalue weighted by atomic mass is 16.5. The van der Waals surface area contributed by atoms with E-state index in [9.17, 15) is 0 Å². The van der Waals surface area contributed by atoms with Gasteiger partial charge in [-0.1, -0.05) is 6.92 Å². The number of nitrogens with one attached hydrogen (secondary N) is 1. The number of likely N-dealkylation sites (N-methyl/N-ethyl adjacent to an activating group) is 2. The van der Waals surface area contributed by atoms with Crippen molar-refractivity contribution in [3.63, 3.8) is 0 Å². The van der Waals surface area contributed by atoms with Gasteiger partial charge in [-0.05, 0) is 43.8 Å². The molecule has 0 atom stereocenters. The molecule has 0 amide bonds. The van der Waals surface area contributed by atoms with Crippen LogP contribution in [-0.2, 0) is 6.42 Å². The first-order valence-corrected chi connectivity index (χ1v) is 6.81. The van der Waals surface area contributed by atoms with Crippen molar-refractivity contribution >= 4 is 0 Å². The zero-order chi connectivity index (χ0) is 14.1. The van der Waals surface area contributed by atoms with Gasteiger partial charge in [-0.15, -0.1) is 0 Å². The Morgan fingerprint density at radius 3 is 2.58 bits per heavy atom. The van der Waals surface area contributed by atoms with Gasteiger partial charge in [-0.2, -0.15) is 0 Å². The molecule has 0 radical (unpaired) electrons. The number of ether oxygens (including phenoxy) is 2. The van der Waals surface area contributed by atoms with Crippen molar-refractivity contribution in [2.45, 2.75) is 13.3 Å². The van der Waals surface area contributed by atoms with Gasteiger partial charge < -0.3 is 19.7 Å². The average molecular weight is 266 g/mol. The van der Waals surface area contributed by atoms with Crippen molar-refractivity contribution in [1.82, 2.24) is 10.2 Å². The van der Waals surface area contributed by atoms with Gasteiger partial charge >= 0.3 is 0 Å². The monoisotopic (exact) mass is 266 g/mol. The van der Waals surface area contributed by atoms with E-state index in [1.807, 2.05) is 12.1 Å². The highest BCUT2D eigenvalue weighted by Gasteiger charge is 2.06. The van der Waals surface area contributed by atoms with Crippen LogP contribution < -0.4 is 14.8 Å². The Labute approximate surface area is 116 Å². The fourth-order valence-electron chi connectivity index (χ4n) is 1.95. The van der Waals surface area contributed by atoms with Gasteiger partial charge in [0, 0.05) is 19.6 Å². The Bertz CT molecular complexity index is 369. The molecule has 0 aliphatic heterocycles. The molecule has 4 nitrogen and oxygen atoms in total. The summed E-state index contributed by atoms with van der Waals surface area (Å²) in [6.07, 6.45) is 0.961. The third kappa shape index (κ3) is 5.49. The van der Waals surface area contributed by atoms with Crippen molar-refractivity contribution in [1.29, 1.82) is 0 Å². The van der Waals surface area contributed by atoms with Crippen LogP contribution in [0.3, 0.4) is 0 Å². The molecule has 0 saturated heterocycles. The van der Waals surface area contributed by atoms with Crippen molar-refractivity contribution in [3.05, 3.63) is 23.8 Å². The topological polar surface area (TPSA) is 33.7 Å². The first-order valence-electron chi connectivity index (χ1n) is 6.81. The van der Waals surface area contributed by atoms with Crippen LogP contribution in [0.25, 0.3) is 0 Å². The van der Waals surface area contributed by atoms with Crippen LogP contribution in [0.5, 0.6) is 11.5 Å². The third-order valence-corrected chi connectivity index (χ3v) is 3.17. The Kier molecular flexibility index (Phi) is 7.30. The minimum absolute atomic E-state index is 0.881. The summed E-state index contributed by atoms with van der Waals surface area (Å²) in [4.78, 5) is 2.32. The Morgan fingerprint density at radius 2 is 1.95 bits per heavy atom. The van der Waals surface area contributed by atoms with E-state index in [0.717, 1.165) is 44.1 Å². The van der Waals surface area contributed by atoms with Crippen LogP contribution in [0.2, 0.25) is 0 Å². The van der Waals surface area contributed by atoms with Gasteiger partial charge in [0.25, 0.3) is 0 Å². The van der Waals surface area contributed by atoms with Gasteiger partial charge in [0.15, 0.2) is 0 Å². The molecule has 1 rings (SSSR count). The molecule has 1 aromatic rings. The molecular weight excluding hydrogens is 240 g/mol. The van der Waals surface area contributed by atoms with Crippen LogP contribution in [0.1, 0.15) is 12.5 Å². The molecule has 0 unspecified atom stereocenters. The molecule has 0 aromatic heterocycles. The zero-order valence-corrected chi connectivity index (χ0v) is 12.5. The van der Waals surface area contributed by atoms with Crippen LogP contribution in [-0.4, -0.2) is 52.3 Å². The summed E-state index contributed by atoms with van der Waals surface area (Å²) < 4.78 is 10.7. The summed E-state index contributed by atoms with van der Waals surface area (Å²) in [6, 6.07) is 5.95. The molecule has 0 aliphatic rings. The lowest BCUT2D eigenvalue weighted by Crippen LogP contribution is -2.30.